The van der Waals surface area contributed by atoms with Gasteiger partial charge < -0.3 is 10.6 Å². The topological polar surface area (TPSA) is 59.0 Å². The van der Waals surface area contributed by atoms with Crippen LogP contribution in [0.5, 0.6) is 0 Å². The predicted octanol–water partition coefficient (Wildman–Crippen LogP) is 3.55. The molecule has 7 heteroatoms. The number of aryl methyl sites for hydroxylation is 1. The van der Waals surface area contributed by atoms with E-state index in [1.165, 1.54) is 24.2 Å². The molecule has 0 spiro atoms. The largest absolute Gasteiger partial charge is 0.351 e. The predicted molar refractivity (Wildman–Crippen MR) is 109 cm³/mol. The molecule has 3 aromatic rings. The number of fused-ring (bicyclic) bond motifs is 1. The maximum atomic E-state index is 12.6. The number of carbonyl (C=O) groups excluding carboxylic acids is 1. The molecule has 1 amide bonds. The highest BCUT2D eigenvalue weighted by atomic mass is 35.5. The normalized spacial score (nSPS) is 17.0. The Hall–Kier alpha value is -1.89. The molecule has 1 aliphatic heterocycles. The van der Waals surface area contributed by atoms with E-state index < -0.39 is 0 Å². The molecule has 0 bridgehead atoms. The van der Waals surface area contributed by atoms with E-state index >= 15 is 0 Å². The molecular weight excluding hydrogens is 368 g/mol. The fourth-order valence-corrected chi connectivity index (χ4v) is 4.42. The lowest BCUT2D eigenvalue weighted by Crippen LogP contribution is -2.37. The molecule has 0 saturated carbocycles. The molecule has 138 valence electrons. The monoisotopic (exact) mass is 390 g/mol. The Kier molecular flexibility index (Phi) is 5.96. The summed E-state index contributed by atoms with van der Waals surface area (Å²) in [6.07, 6.45) is 2.37. The van der Waals surface area contributed by atoms with Gasteiger partial charge in [0, 0.05) is 11.9 Å². The van der Waals surface area contributed by atoms with Crippen molar-refractivity contribution in [3.05, 3.63) is 47.0 Å². The van der Waals surface area contributed by atoms with Crippen molar-refractivity contribution in [2.75, 3.05) is 19.6 Å². The number of nitrogens with one attached hydrogen (secondary N) is 2. The zero-order valence-corrected chi connectivity index (χ0v) is 16.3. The number of rotatable bonds is 4. The molecule has 0 aliphatic carbocycles. The number of hydrogen-bond donors (Lipinski definition) is 2. The van der Waals surface area contributed by atoms with E-state index in [-0.39, 0.29) is 18.3 Å². The van der Waals surface area contributed by atoms with Gasteiger partial charge in [-0.1, -0.05) is 18.2 Å². The Labute approximate surface area is 163 Å². The minimum Gasteiger partial charge on any atom is -0.351 e. The van der Waals surface area contributed by atoms with Crippen LogP contribution in [0, 0.1) is 12.8 Å². The second-order valence-electron chi connectivity index (χ2n) is 6.58. The molecule has 1 atom stereocenters. The summed E-state index contributed by atoms with van der Waals surface area (Å²) in [6.45, 7) is 4.82. The molecule has 2 aromatic heterocycles. The third-order valence-corrected chi connectivity index (χ3v) is 5.83. The standard InChI is InChI=1S/C19H22N4OS.ClH/c1-13-16-10-17(18(24)21-12-14-6-5-9-20-11-14)25-19(16)23(22-13)15-7-3-2-4-8-15;/h2-4,7-8,10,14,20H,5-6,9,11-12H2,1H3,(H,21,24);1H. The quantitative estimate of drug-likeness (QED) is 0.716. The van der Waals surface area contributed by atoms with E-state index in [0.29, 0.717) is 5.92 Å². The average molecular weight is 391 g/mol. The molecule has 0 radical (unpaired) electrons. The van der Waals surface area contributed by atoms with Gasteiger partial charge >= 0.3 is 0 Å². The van der Waals surface area contributed by atoms with Gasteiger partial charge in [0.05, 0.1) is 16.3 Å². The van der Waals surface area contributed by atoms with Crippen molar-refractivity contribution in [1.29, 1.82) is 0 Å². The van der Waals surface area contributed by atoms with Gasteiger partial charge in [-0.05, 0) is 57.0 Å². The van der Waals surface area contributed by atoms with Crippen molar-refractivity contribution in [3.8, 4) is 5.69 Å². The molecule has 1 aromatic carbocycles. The van der Waals surface area contributed by atoms with Gasteiger partial charge in [0.1, 0.15) is 4.83 Å². The number of hydrogen-bond acceptors (Lipinski definition) is 4. The van der Waals surface area contributed by atoms with Crippen LogP contribution in [0.1, 0.15) is 28.2 Å². The number of piperidine rings is 1. The minimum absolute atomic E-state index is 0. The zero-order chi connectivity index (χ0) is 17.2. The van der Waals surface area contributed by atoms with Crippen LogP contribution in [0.3, 0.4) is 0 Å². The SMILES string of the molecule is Cc1nn(-c2ccccc2)c2sc(C(=O)NCC3CCCNC3)cc12.Cl. The number of thiophene rings is 1. The number of nitrogens with zero attached hydrogens (tertiary/aromatic N) is 2. The fraction of sp³-hybridized carbons (Fsp3) is 0.368. The smallest absolute Gasteiger partial charge is 0.261 e. The Morgan fingerprint density at radius 2 is 2.19 bits per heavy atom. The Morgan fingerprint density at radius 1 is 1.38 bits per heavy atom. The number of aromatic nitrogens is 2. The van der Waals surface area contributed by atoms with Crippen LogP contribution in [0.4, 0.5) is 0 Å². The second kappa shape index (κ2) is 8.20. The summed E-state index contributed by atoms with van der Waals surface area (Å²) in [5.74, 6) is 0.555. The Morgan fingerprint density at radius 3 is 2.92 bits per heavy atom. The van der Waals surface area contributed by atoms with Crippen molar-refractivity contribution in [1.82, 2.24) is 20.4 Å². The van der Waals surface area contributed by atoms with Crippen molar-refractivity contribution in [2.45, 2.75) is 19.8 Å². The number of halogens is 1. The average Bonchev–Trinajstić information content (AvgIpc) is 3.22. The second-order valence-corrected chi connectivity index (χ2v) is 7.62. The molecule has 1 aliphatic rings. The van der Waals surface area contributed by atoms with Crippen LogP contribution >= 0.6 is 23.7 Å². The Bertz CT molecular complexity index is 884. The molecule has 1 saturated heterocycles. The first-order valence-electron chi connectivity index (χ1n) is 8.76. The molecular formula is C19H23ClN4OS. The van der Waals surface area contributed by atoms with Crippen LogP contribution in [-0.2, 0) is 0 Å². The summed E-state index contributed by atoms with van der Waals surface area (Å²) in [5, 5.41) is 12.2. The van der Waals surface area contributed by atoms with Gasteiger partial charge in [0.2, 0.25) is 0 Å². The number of carbonyl (C=O) groups is 1. The highest BCUT2D eigenvalue weighted by Gasteiger charge is 2.19. The van der Waals surface area contributed by atoms with E-state index in [2.05, 4.69) is 15.7 Å². The number of para-hydroxylation sites is 1. The van der Waals surface area contributed by atoms with Gasteiger partial charge in [-0.2, -0.15) is 5.10 Å². The lowest BCUT2D eigenvalue weighted by Gasteiger charge is -2.22. The highest BCUT2D eigenvalue weighted by Crippen LogP contribution is 2.30. The summed E-state index contributed by atoms with van der Waals surface area (Å²) in [5.41, 5.74) is 1.97. The number of benzene rings is 1. The first-order valence-corrected chi connectivity index (χ1v) is 9.57. The van der Waals surface area contributed by atoms with Gasteiger partial charge in [-0.3, -0.25) is 4.79 Å². The zero-order valence-electron chi connectivity index (χ0n) is 14.7. The first kappa shape index (κ1) is 18.9. The van der Waals surface area contributed by atoms with Crippen LogP contribution in [0.2, 0.25) is 0 Å². The molecule has 2 N–H and O–H groups in total. The van der Waals surface area contributed by atoms with Crippen molar-refractivity contribution < 1.29 is 4.79 Å². The van der Waals surface area contributed by atoms with E-state index in [4.69, 9.17) is 0 Å². The maximum Gasteiger partial charge on any atom is 0.261 e. The molecule has 26 heavy (non-hydrogen) atoms. The number of amides is 1. The molecule has 1 fully saturated rings. The maximum absolute atomic E-state index is 12.6. The molecule has 5 nitrogen and oxygen atoms in total. The van der Waals surface area contributed by atoms with Gasteiger partial charge in [0.15, 0.2) is 0 Å². The minimum atomic E-state index is 0. The van der Waals surface area contributed by atoms with E-state index in [0.717, 1.165) is 46.1 Å². The van der Waals surface area contributed by atoms with Gasteiger partial charge in [0.25, 0.3) is 5.91 Å². The van der Waals surface area contributed by atoms with Crippen molar-refractivity contribution >= 4 is 39.9 Å². The van der Waals surface area contributed by atoms with Crippen LogP contribution in [-0.4, -0.2) is 35.3 Å². The van der Waals surface area contributed by atoms with E-state index in [9.17, 15) is 4.79 Å². The van der Waals surface area contributed by atoms with Crippen LogP contribution in [0.25, 0.3) is 15.9 Å². The molecule has 3 heterocycles. The van der Waals surface area contributed by atoms with Crippen molar-refractivity contribution in [2.24, 2.45) is 5.92 Å². The lowest BCUT2D eigenvalue weighted by molar-refractivity contribution is 0.0949. The van der Waals surface area contributed by atoms with Crippen LogP contribution in [0.15, 0.2) is 36.4 Å². The summed E-state index contributed by atoms with van der Waals surface area (Å²) in [6, 6.07) is 12.0. The Balaban J connectivity index is 0.00000196. The first-order chi connectivity index (χ1) is 12.2. The van der Waals surface area contributed by atoms with E-state index in [1.807, 2.05) is 48.0 Å². The summed E-state index contributed by atoms with van der Waals surface area (Å²) < 4.78 is 1.93. The lowest BCUT2D eigenvalue weighted by atomic mass is 10.00. The molecule has 4 rings (SSSR count). The van der Waals surface area contributed by atoms with Crippen LogP contribution < -0.4 is 10.6 Å². The summed E-state index contributed by atoms with van der Waals surface area (Å²) in [7, 11) is 0. The van der Waals surface area contributed by atoms with Gasteiger partial charge in [-0.15, -0.1) is 23.7 Å². The highest BCUT2D eigenvalue weighted by molar-refractivity contribution is 7.20. The third-order valence-electron chi connectivity index (χ3n) is 4.72. The third kappa shape index (κ3) is 3.77. The van der Waals surface area contributed by atoms with Gasteiger partial charge in [-0.25, -0.2) is 4.68 Å². The van der Waals surface area contributed by atoms with Crippen molar-refractivity contribution in [3.63, 3.8) is 0 Å². The summed E-state index contributed by atoms with van der Waals surface area (Å²) >= 11 is 1.51. The fourth-order valence-electron chi connectivity index (χ4n) is 3.33. The molecule has 1 unspecified atom stereocenters. The van der Waals surface area contributed by atoms with E-state index in [1.54, 1.807) is 0 Å². The summed E-state index contributed by atoms with van der Waals surface area (Å²) in [4.78, 5) is 14.3.